The molecule has 1 unspecified atom stereocenters. The summed E-state index contributed by atoms with van der Waals surface area (Å²) < 4.78 is 22.0. The van der Waals surface area contributed by atoms with Crippen molar-refractivity contribution in [2.45, 2.75) is 24.9 Å². The Bertz CT molecular complexity index is 926. The van der Waals surface area contributed by atoms with Crippen LogP contribution in [0.5, 0.6) is 17.2 Å². The summed E-state index contributed by atoms with van der Waals surface area (Å²) in [6, 6.07) is 13.8. The maximum atomic E-state index is 12.4. The van der Waals surface area contributed by atoms with Crippen LogP contribution in [0.4, 0.5) is 10.5 Å². The zero-order valence-electron chi connectivity index (χ0n) is 17.1. The molecule has 0 bridgehead atoms. The number of para-hydroxylation sites is 2. The lowest BCUT2D eigenvalue weighted by Crippen LogP contribution is -2.39. The van der Waals surface area contributed by atoms with Crippen LogP contribution in [0.2, 0.25) is 0 Å². The molecule has 158 valence electrons. The third kappa shape index (κ3) is 3.65. The van der Waals surface area contributed by atoms with E-state index in [4.69, 9.17) is 18.9 Å². The molecule has 7 nitrogen and oxygen atoms in total. The standard InChI is InChI=1S/C23H26N2O5/c1-27-20-5-3-2-4-19(20)25-14-18(30-23(25)26)13-24-10-8-16(9-11-24)17-6-7-21-22(12-17)29-15-28-21/h2-7,12,16,18H,8-11,13-15H2,1H3. The number of piperidine rings is 1. The molecule has 3 aliphatic rings. The van der Waals surface area contributed by atoms with E-state index in [9.17, 15) is 4.79 Å². The number of carbonyl (C=O) groups is 1. The molecule has 2 fully saturated rings. The number of ether oxygens (including phenoxy) is 4. The van der Waals surface area contributed by atoms with Crippen LogP contribution in [0.25, 0.3) is 0 Å². The van der Waals surface area contributed by atoms with E-state index in [1.54, 1.807) is 12.0 Å². The van der Waals surface area contributed by atoms with Crippen LogP contribution in [-0.2, 0) is 4.74 Å². The molecule has 2 saturated heterocycles. The minimum atomic E-state index is -0.306. The van der Waals surface area contributed by atoms with Gasteiger partial charge in [-0.1, -0.05) is 18.2 Å². The number of anilines is 1. The highest BCUT2D eigenvalue weighted by Crippen LogP contribution is 2.37. The number of carbonyl (C=O) groups excluding carboxylic acids is 1. The van der Waals surface area contributed by atoms with Gasteiger partial charge in [-0.15, -0.1) is 0 Å². The summed E-state index contributed by atoms with van der Waals surface area (Å²) in [6.07, 6.45) is 1.72. The van der Waals surface area contributed by atoms with E-state index < -0.39 is 0 Å². The van der Waals surface area contributed by atoms with Crippen molar-refractivity contribution in [3.63, 3.8) is 0 Å². The average Bonchev–Trinajstić information content (AvgIpc) is 3.39. The number of fused-ring (bicyclic) bond motifs is 1. The number of hydrogen-bond donors (Lipinski definition) is 0. The number of hydrogen-bond acceptors (Lipinski definition) is 6. The fraction of sp³-hybridized carbons (Fsp3) is 0.435. The summed E-state index contributed by atoms with van der Waals surface area (Å²) in [5.41, 5.74) is 2.07. The normalized spacial score (nSPS) is 21.7. The summed E-state index contributed by atoms with van der Waals surface area (Å²) in [5.74, 6) is 2.88. The molecular formula is C23H26N2O5. The molecule has 0 spiro atoms. The Hall–Kier alpha value is -2.93. The predicted octanol–water partition coefficient (Wildman–Crippen LogP) is 3.63. The van der Waals surface area contributed by atoms with Crippen molar-refractivity contribution in [1.82, 2.24) is 4.90 Å². The molecule has 3 heterocycles. The summed E-state index contributed by atoms with van der Waals surface area (Å²) >= 11 is 0. The molecule has 0 N–H and O–H groups in total. The van der Waals surface area contributed by atoms with E-state index in [0.29, 0.717) is 25.0 Å². The van der Waals surface area contributed by atoms with Crippen molar-refractivity contribution >= 4 is 11.8 Å². The van der Waals surface area contributed by atoms with Gasteiger partial charge >= 0.3 is 6.09 Å². The van der Waals surface area contributed by atoms with Crippen molar-refractivity contribution in [2.24, 2.45) is 0 Å². The number of rotatable bonds is 5. The quantitative estimate of drug-likeness (QED) is 0.750. The lowest BCUT2D eigenvalue weighted by atomic mass is 9.89. The molecule has 0 aromatic heterocycles. The number of amides is 1. The van der Waals surface area contributed by atoms with Gasteiger partial charge in [-0.3, -0.25) is 9.80 Å². The molecule has 0 aliphatic carbocycles. The second kappa shape index (κ2) is 8.07. The van der Waals surface area contributed by atoms with Gasteiger partial charge in [0.1, 0.15) is 11.9 Å². The summed E-state index contributed by atoms with van der Waals surface area (Å²) in [5, 5.41) is 0. The van der Waals surface area contributed by atoms with Crippen LogP contribution >= 0.6 is 0 Å². The van der Waals surface area contributed by atoms with Crippen molar-refractivity contribution in [3.8, 4) is 17.2 Å². The highest BCUT2D eigenvalue weighted by atomic mass is 16.7. The molecule has 0 radical (unpaired) electrons. The Morgan fingerprint density at radius 3 is 2.70 bits per heavy atom. The van der Waals surface area contributed by atoms with Crippen LogP contribution in [0, 0.1) is 0 Å². The Labute approximate surface area is 176 Å². The Morgan fingerprint density at radius 1 is 1.07 bits per heavy atom. The van der Waals surface area contributed by atoms with Gasteiger partial charge in [0.25, 0.3) is 0 Å². The summed E-state index contributed by atoms with van der Waals surface area (Å²) in [7, 11) is 1.61. The Balaban J connectivity index is 1.17. The Morgan fingerprint density at radius 2 is 1.87 bits per heavy atom. The average molecular weight is 410 g/mol. The van der Waals surface area contributed by atoms with Crippen molar-refractivity contribution in [1.29, 1.82) is 0 Å². The van der Waals surface area contributed by atoms with Gasteiger partial charge < -0.3 is 18.9 Å². The highest BCUT2D eigenvalue weighted by molar-refractivity contribution is 5.91. The van der Waals surface area contributed by atoms with E-state index in [1.165, 1.54) is 5.56 Å². The summed E-state index contributed by atoms with van der Waals surface area (Å²) in [4.78, 5) is 16.5. The monoisotopic (exact) mass is 410 g/mol. The topological polar surface area (TPSA) is 60.5 Å². The number of methoxy groups -OCH3 is 1. The molecule has 30 heavy (non-hydrogen) atoms. The van der Waals surface area contributed by atoms with Gasteiger partial charge in [0.15, 0.2) is 11.5 Å². The first-order valence-corrected chi connectivity index (χ1v) is 10.4. The van der Waals surface area contributed by atoms with E-state index in [2.05, 4.69) is 17.0 Å². The molecular weight excluding hydrogens is 384 g/mol. The molecule has 3 aliphatic heterocycles. The fourth-order valence-corrected chi connectivity index (χ4v) is 4.57. The van der Waals surface area contributed by atoms with Crippen LogP contribution in [0.15, 0.2) is 42.5 Å². The van der Waals surface area contributed by atoms with Gasteiger partial charge in [-0.2, -0.15) is 0 Å². The van der Waals surface area contributed by atoms with Crippen LogP contribution < -0.4 is 19.1 Å². The van der Waals surface area contributed by atoms with Crippen molar-refractivity contribution < 1.29 is 23.7 Å². The molecule has 1 atom stereocenters. The van der Waals surface area contributed by atoms with E-state index in [-0.39, 0.29) is 12.2 Å². The molecule has 2 aromatic carbocycles. The molecule has 0 saturated carbocycles. The van der Waals surface area contributed by atoms with Gasteiger partial charge in [0.2, 0.25) is 6.79 Å². The number of likely N-dealkylation sites (tertiary alicyclic amines) is 1. The third-order valence-corrected chi connectivity index (χ3v) is 6.17. The van der Waals surface area contributed by atoms with E-state index in [1.807, 2.05) is 30.3 Å². The second-order valence-electron chi connectivity index (χ2n) is 7.98. The number of nitrogens with zero attached hydrogens (tertiary/aromatic N) is 2. The highest BCUT2D eigenvalue weighted by Gasteiger charge is 2.35. The first-order valence-electron chi connectivity index (χ1n) is 10.4. The smallest absolute Gasteiger partial charge is 0.414 e. The first kappa shape index (κ1) is 19.1. The molecule has 1 amide bonds. The number of cyclic esters (lactones) is 1. The summed E-state index contributed by atoms with van der Waals surface area (Å²) in [6.45, 7) is 3.58. The Kier molecular flexibility index (Phi) is 5.12. The zero-order valence-corrected chi connectivity index (χ0v) is 17.1. The first-order chi connectivity index (χ1) is 14.7. The van der Waals surface area contributed by atoms with Gasteiger partial charge in [0.05, 0.1) is 19.3 Å². The van der Waals surface area contributed by atoms with Crippen LogP contribution in [0.1, 0.15) is 24.3 Å². The van der Waals surface area contributed by atoms with Gasteiger partial charge in [0, 0.05) is 6.54 Å². The molecule has 7 heteroatoms. The fourth-order valence-electron chi connectivity index (χ4n) is 4.57. The minimum Gasteiger partial charge on any atom is -0.495 e. The van der Waals surface area contributed by atoms with Gasteiger partial charge in [-0.25, -0.2) is 4.79 Å². The van der Waals surface area contributed by atoms with Crippen molar-refractivity contribution in [3.05, 3.63) is 48.0 Å². The third-order valence-electron chi connectivity index (χ3n) is 6.17. The SMILES string of the molecule is COc1ccccc1N1CC(CN2CCC(c3ccc4c(c3)OCO4)CC2)OC1=O. The predicted molar refractivity (Wildman–Crippen MR) is 112 cm³/mol. The van der Waals surface area contributed by atoms with E-state index in [0.717, 1.165) is 49.7 Å². The largest absolute Gasteiger partial charge is 0.495 e. The molecule has 2 aromatic rings. The van der Waals surface area contributed by atoms with Crippen LogP contribution in [0.3, 0.4) is 0 Å². The lowest BCUT2D eigenvalue weighted by Gasteiger charge is -2.33. The zero-order chi connectivity index (χ0) is 20.5. The van der Waals surface area contributed by atoms with E-state index >= 15 is 0 Å². The maximum absolute atomic E-state index is 12.4. The maximum Gasteiger partial charge on any atom is 0.414 e. The van der Waals surface area contributed by atoms with Gasteiger partial charge in [-0.05, 0) is 61.7 Å². The van der Waals surface area contributed by atoms with Crippen molar-refractivity contribution in [2.75, 3.05) is 45.0 Å². The lowest BCUT2D eigenvalue weighted by molar-refractivity contribution is 0.0976. The minimum absolute atomic E-state index is 0.135. The molecule has 5 rings (SSSR count). The second-order valence-corrected chi connectivity index (χ2v) is 7.98. The van der Waals surface area contributed by atoms with Crippen LogP contribution in [-0.4, -0.2) is 57.2 Å². The number of benzene rings is 2.